The second-order valence-electron chi connectivity index (χ2n) is 7.78. The molecular weight excluding hydrogens is 455 g/mol. The lowest BCUT2D eigenvalue weighted by atomic mass is 10.0. The van der Waals surface area contributed by atoms with Crippen LogP contribution in [0, 0.1) is 17.5 Å². The first kappa shape index (κ1) is 23.8. The number of carbonyl (C=O) groups excluding carboxylic acids is 2. The fourth-order valence-electron chi connectivity index (χ4n) is 3.49. The Morgan fingerprint density at radius 2 is 1.46 bits per heavy atom. The van der Waals surface area contributed by atoms with Gasteiger partial charge in [0.2, 0.25) is 0 Å². The number of carbonyl (C=O) groups is 2. The molecule has 0 saturated heterocycles. The van der Waals surface area contributed by atoms with E-state index in [9.17, 15) is 22.8 Å². The molecule has 35 heavy (non-hydrogen) atoms. The van der Waals surface area contributed by atoms with Gasteiger partial charge < -0.3 is 10.1 Å². The van der Waals surface area contributed by atoms with Crippen molar-refractivity contribution in [2.24, 2.45) is 0 Å². The topological polar surface area (TPSA) is 55.4 Å². The van der Waals surface area contributed by atoms with Gasteiger partial charge in [0.25, 0.3) is 5.91 Å². The van der Waals surface area contributed by atoms with Crippen molar-refractivity contribution in [2.45, 2.75) is 13.0 Å². The van der Waals surface area contributed by atoms with E-state index in [0.717, 1.165) is 17.7 Å². The van der Waals surface area contributed by atoms with Crippen molar-refractivity contribution >= 4 is 11.9 Å². The molecule has 1 amide bonds. The van der Waals surface area contributed by atoms with Crippen LogP contribution in [0.5, 0.6) is 5.75 Å². The quantitative estimate of drug-likeness (QED) is 0.270. The van der Waals surface area contributed by atoms with E-state index in [0.29, 0.717) is 11.1 Å². The van der Waals surface area contributed by atoms with Gasteiger partial charge in [0.1, 0.15) is 23.2 Å². The second-order valence-corrected chi connectivity index (χ2v) is 7.78. The summed E-state index contributed by atoms with van der Waals surface area (Å²) in [6.45, 7) is 0.220. The van der Waals surface area contributed by atoms with E-state index < -0.39 is 29.3 Å². The van der Waals surface area contributed by atoms with Gasteiger partial charge in [0.05, 0.1) is 12.0 Å². The first-order valence-corrected chi connectivity index (χ1v) is 10.8. The SMILES string of the molecule is O=C(Cc1ccc(F)cc1)Oc1ccc(-c2ccc(F)cc2F)cc1C(=O)NCc1ccccc1. The number of hydrogen-bond donors (Lipinski definition) is 1. The van der Waals surface area contributed by atoms with Crippen LogP contribution >= 0.6 is 0 Å². The minimum atomic E-state index is -0.790. The third-order valence-corrected chi connectivity index (χ3v) is 5.25. The highest BCUT2D eigenvalue weighted by Gasteiger charge is 2.18. The molecule has 0 aliphatic carbocycles. The van der Waals surface area contributed by atoms with Gasteiger partial charge in [0, 0.05) is 18.2 Å². The zero-order chi connectivity index (χ0) is 24.8. The Labute approximate surface area is 200 Å². The minimum Gasteiger partial charge on any atom is -0.425 e. The molecule has 0 atom stereocenters. The summed E-state index contributed by atoms with van der Waals surface area (Å²) in [5.74, 6) is -3.16. The van der Waals surface area contributed by atoms with Crippen LogP contribution in [0.25, 0.3) is 11.1 Å². The molecule has 4 aromatic carbocycles. The van der Waals surface area contributed by atoms with Crippen LogP contribution in [0.2, 0.25) is 0 Å². The van der Waals surface area contributed by atoms with Gasteiger partial charge in [-0.25, -0.2) is 13.2 Å². The van der Waals surface area contributed by atoms with Crippen molar-refractivity contribution in [3.05, 3.63) is 125 Å². The first-order valence-electron chi connectivity index (χ1n) is 10.8. The molecule has 0 unspecified atom stereocenters. The van der Waals surface area contributed by atoms with Crippen LogP contribution in [0.3, 0.4) is 0 Å². The molecule has 0 heterocycles. The van der Waals surface area contributed by atoms with Gasteiger partial charge in [-0.05, 0) is 53.1 Å². The molecular formula is C28H20F3NO3. The molecule has 176 valence electrons. The summed E-state index contributed by atoms with van der Waals surface area (Å²) in [6, 6.07) is 22.0. The molecule has 4 aromatic rings. The average molecular weight is 475 g/mol. The zero-order valence-corrected chi connectivity index (χ0v) is 18.4. The predicted molar refractivity (Wildman–Crippen MR) is 125 cm³/mol. The van der Waals surface area contributed by atoms with Crippen molar-refractivity contribution < 1.29 is 27.5 Å². The molecule has 0 aliphatic heterocycles. The summed E-state index contributed by atoms with van der Waals surface area (Å²) in [4.78, 5) is 25.6. The molecule has 0 saturated carbocycles. The fourth-order valence-corrected chi connectivity index (χ4v) is 3.49. The third-order valence-electron chi connectivity index (χ3n) is 5.25. The van der Waals surface area contributed by atoms with Crippen LogP contribution in [0.1, 0.15) is 21.5 Å². The van der Waals surface area contributed by atoms with Crippen molar-refractivity contribution in [3.8, 4) is 16.9 Å². The number of ether oxygens (including phenoxy) is 1. The van der Waals surface area contributed by atoms with Gasteiger partial charge in [-0.2, -0.15) is 0 Å². The normalized spacial score (nSPS) is 10.6. The number of esters is 1. The molecule has 0 bridgehead atoms. The lowest BCUT2D eigenvalue weighted by molar-refractivity contribution is -0.133. The summed E-state index contributed by atoms with van der Waals surface area (Å²) in [5, 5.41) is 2.76. The standard InChI is InChI=1S/C28H20F3NO3/c29-21-9-6-18(7-10-21)14-27(33)35-26-13-8-20(23-12-11-22(30)16-25(23)31)15-24(26)28(34)32-17-19-4-2-1-3-5-19/h1-13,15-16H,14,17H2,(H,32,34). The van der Waals surface area contributed by atoms with E-state index in [4.69, 9.17) is 4.74 Å². The van der Waals surface area contributed by atoms with Crippen molar-refractivity contribution in [1.82, 2.24) is 5.32 Å². The highest BCUT2D eigenvalue weighted by Crippen LogP contribution is 2.29. The summed E-state index contributed by atoms with van der Waals surface area (Å²) in [6.07, 6.45) is -0.139. The Morgan fingerprint density at radius 3 is 2.17 bits per heavy atom. The molecule has 0 aromatic heterocycles. The van der Waals surface area contributed by atoms with E-state index >= 15 is 0 Å². The largest absolute Gasteiger partial charge is 0.425 e. The summed E-state index contributed by atoms with van der Waals surface area (Å²) in [5.41, 5.74) is 1.81. The molecule has 0 fully saturated rings. The lowest BCUT2D eigenvalue weighted by Crippen LogP contribution is -2.24. The minimum absolute atomic E-state index is 0.00890. The molecule has 0 spiro atoms. The maximum absolute atomic E-state index is 14.4. The van der Waals surface area contributed by atoms with E-state index in [1.807, 2.05) is 30.3 Å². The number of amides is 1. The summed E-state index contributed by atoms with van der Waals surface area (Å²) in [7, 11) is 0. The highest BCUT2D eigenvalue weighted by molar-refractivity contribution is 5.99. The maximum atomic E-state index is 14.4. The van der Waals surface area contributed by atoms with Crippen molar-refractivity contribution in [2.75, 3.05) is 0 Å². The van der Waals surface area contributed by atoms with Crippen LogP contribution in [0.15, 0.2) is 91.0 Å². The Balaban J connectivity index is 1.61. The number of rotatable bonds is 7. The van der Waals surface area contributed by atoms with Gasteiger partial charge in [-0.3, -0.25) is 9.59 Å². The summed E-state index contributed by atoms with van der Waals surface area (Å²) >= 11 is 0. The van der Waals surface area contributed by atoms with Crippen LogP contribution in [0.4, 0.5) is 13.2 Å². The van der Waals surface area contributed by atoms with Crippen LogP contribution in [-0.2, 0) is 17.8 Å². The Kier molecular flexibility index (Phi) is 7.26. The molecule has 4 rings (SSSR count). The van der Waals surface area contributed by atoms with Crippen molar-refractivity contribution in [1.29, 1.82) is 0 Å². The monoisotopic (exact) mass is 475 g/mol. The van der Waals surface area contributed by atoms with E-state index in [1.165, 1.54) is 48.5 Å². The van der Waals surface area contributed by atoms with Crippen molar-refractivity contribution in [3.63, 3.8) is 0 Å². The number of halogens is 3. The first-order chi connectivity index (χ1) is 16.9. The zero-order valence-electron chi connectivity index (χ0n) is 18.4. The van der Waals surface area contributed by atoms with E-state index in [1.54, 1.807) is 0 Å². The third kappa shape index (κ3) is 6.14. The Morgan fingerprint density at radius 1 is 0.743 bits per heavy atom. The van der Waals surface area contributed by atoms with E-state index in [2.05, 4.69) is 5.32 Å². The highest BCUT2D eigenvalue weighted by atomic mass is 19.1. The van der Waals surface area contributed by atoms with Gasteiger partial charge >= 0.3 is 5.97 Å². The smallest absolute Gasteiger partial charge is 0.315 e. The van der Waals surface area contributed by atoms with Gasteiger partial charge in [-0.15, -0.1) is 0 Å². The maximum Gasteiger partial charge on any atom is 0.315 e. The molecule has 0 aliphatic rings. The molecule has 7 heteroatoms. The number of benzene rings is 4. The second kappa shape index (κ2) is 10.7. The van der Waals surface area contributed by atoms with Gasteiger partial charge in [0.15, 0.2) is 0 Å². The van der Waals surface area contributed by atoms with Gasteiger partial charge in [-0.1, -0.05) is 48.5 Å². The molecule has 4 nitrogen and oxygen atoms in total. The fraction of sp³-hybridized carbons (Fsp3) is 0.0714. The Bertz CT molecular complexity index is 1360. The average Bonchev–Trinajstić information content (AvgIpc) is 2.85. The predicted octanol–water partition coefficient (Wildman–Crippen LogP) is 5.85. The molecule has 1 N–H and O–H groups in total. The Hall–Kier alpha value is -4.39. The molecule has 0 radical (unpaired) electrons. The van der Waals surface area contributed by atoms with Crippen LogP contribution < -0.4 is 10.1 Å². The van der Waals surface area contributed by atoms with E-state index in [-0.39, 0.29) is 29.8 Å². The lowest BCUT2D eigenvalue weighted by Gasteiger charge is -2.13. The number of hydrogen-bond acceptors (Lipinski definition) is 3. The van der Waals surface area contributed by atoms with Crippen LogP contribution in [-0.4, -0.2) is 11.9 Å². The number of nitrogens with one attached hydrogen (secondary N) is 1. The summed E-state index contributed by atoms with van der Waals surface area (Å²) < 4.78 is 46.3.